The van der Waals surface area contributed by atoms with Crippen LogP contribution in [0.2, 0.25) is 0 Å². The molecule has 1 saturated carbocycles. The van der Waals surface area contributed by atoms with Crippen molar-refractivity contribution in [3.8, 4) is 0 Å². The molecule has 4 rings (SSSR count). The summed E-state index contributed by atoms with van der Waals surface area (Å²) in [6.45, 7) is 0.496. The van der Waals surface area contributed by atoms with Crippen molar-refractivity contribution >= 4 is 16.0 Å². The number of methoxy groups -OCH3 is 1. The van der Waals surface area contributed by atoms with Crippen LogP contribution in [0.5, 0.6) is 0 Å². The summed E-state index contributed by atoms with van der Waals surface area (Å²) in [6, 6.07) is 6.53. The van der Waals surface area contributed by atoms with Gasteiger partial charge in [-0.3, -0.25) is 9.48 Å². The van der Waals surface area contributed by atoms with Gasteiger partial charge in [-0.2, -0.15) is 9.40 Å². The molecule has 2 aliphatic rings. The van der Waals surface area contributed by atoms with Crippen LogP contribution in [0.25, 0.3) is 0 Å². The summed E-state index contributed by atoms with van der Waals surface area (Å²) >= 11 is 0. The van der Waals surface area contributed by atoms with Crippen LogP contribution in [0.1, 0.15) is 49.3 Å². The van der Waals surface area contributed by atoms with Crippen LogP contribution in [-0.4, -0.2) is 42.1 Å². The largest absolute Gasteiger partial charge is 0.468 e. The van der Waals surface area contributed by atoms with Crippen LogP contribution >= 0.6 is 0 Å². The molecule has 1 aliphatic heterocycles. The fourth-order valence-corrected chi connectivity index (χ4v) is 5.83. The summed E-state index contributed by atoms with van der Waals surface area (Å²) < 4.78 is 34.9. The van der Waals surface area contributed by atoms with Crippen molar-refractivity contribution in [1.82, 2.24) is 14.1 Å². The minimum Gasteiger partial charge on any atom is -0.468 e. The van der Waals surface area contributed by atoms with E-state index >= 15 is 0 Å². The molecule has 0 N–H and O–H groups in total. The number of sulfonamides is 1. The molecule has 2 fully saturated rings. The van der Waals surface area contributed by atoms with Gasteiger partial charge in [0.2, 0.25) is 10.0 Å². The average Bonchev–Trinajstić information content (AvgIpc) is 3.42. The van der Waals surface area contributed by atoms with Gasteiger partial charge in [0.15, 0.2) is 0 Å². The van der Waals surface area contributed by atoms with E-state index in [2.05, 4.69) is 5.10 Å². The van der Waals surface area contributed by atoms with Gasteiger partial charge in [0.05, 0.1) is 29.7 Å². The molecule has 7 nitrogen and oxygen atoms in total. The Labute approximate surface area is 165 Å². The predicted octanol–water partition coefficient (Wildman–Crippen LogP) is 2.54. The second-order valence-electron chi connectivity index (χ2n) is 7.67. The molecular weight excluding hydrogens is 378 g/mol. The van der Waals surface area contributed by atoms with Gasteiger partial charge in [0.25, 0.3) is 0 Å². The number of piperidine rings is 1. The maximum absolute atomic E-state index is 13.4. The third kappa shape index (κ3) is 3.14. The SMILES string of the molecule is COC(=O)C1(c2ccc(S(=O)(=O)N3CCCCC3c3cnn(C)c3)cc2)CC1. The monoisotopic (exact) mass is 403 g/mol. The highest BCUT2D eigenvalue weighted by atomic mass is 32.2. The fraction of sp³-hybridized carbons (Fsp3) is 0.500. The average molecular weight is 404 g/mol. The van der Waals surface area contributed by atoms with E-state index in [4.69, 9.17) is 4.74 Å². The van der Waals surface area contributed by atoms with Gasteiger partial charge in [-0.25, -0.2) is 8.42 Å². The number of esters is 1. The Kier molecular flexibility index (Phi) is 4.79. The minimum atomic E-state index is -3.64. The van der Waals surface area contributed by atoms with E-state index < -0.39 is 15.4 Å². The number of carbonyl (C=O) groups is 1. The molecule has 1 atom stereocenters. The first-order chi connectivity index (χ1) is 13.4. The molecule has 1 aromatic heterocycles. The van der Waals surface area contributed by atoms with E-state index in [0.29, 0.717) is 6.54 Å². The number of hydrogen-bond acceptors (Lipinski definition) is 5. The lowest BCUT2D eigenvalue weighted by atomic mass is 9.96. The quantitative estimate of drug-likeness (QED) is 0.717. The number of carbonyl (C=O) groups excluding carboxylic acids is 1. The van der Waals surface area contributed by atoms with Crippen LogP contribution in [0.3, 0.4) is 0 Å². The van der Waals surface area contributed by atoms with Gasteiger partial charge in [-0.05, 0) is 43.4 Å². The van der Waals surface area contributed by atoms with Crippen LogP contribution in [0.4, 0.5) is 0 Å². The van der Waals surface area contributed by atoms with Crippen molar-refractivity contribution in [2.24, 2.45) is 7.05 Å². The molecule has 1 aromatic carbocycles. The number of rotatable bonds is 5. The van der Waals surface area contributed by atoms with Crippen molar-refractivity contribution in [2.45, 2.75) is 48.5 Å². The zero-order valence-corrected chi connectivity index (χ0v) is 17.0. The number of aryl methyl sites for hydroxylation is 1. The van der Waals surface area contributed by atoms with Crippen molar-refractivity contribution in [2.75, 3.05) is 13.7 Å². The van der Waals surface area contributed by atoms with Gasteiger partial charge in [0, 0.05) is 25.4 Å². The third-order valence-electron chi connectivity index (χ3n) is 5.90. The van der Waals surface area contributed by atoms with Gasteiger partial charge in [-0.1, -0.05) is 18.6 Å². The highest BCUT2D eigenvalue weighted by molar-refractivity contribution is 7.89. The Morgan fingerprint density at radius 2 is 1.93 bits per heavy atom. The van der Waals surface area contributed by atoms with E-state index in [1.165, 1.54) is 7.11 Å². The lowest BCUT2D eigenvalue weighted by Gasteiger charge is -2.34. The number of aromatic nitrogens is 2. The first-order valence-corrected chi connectivity index (χ1v) is 11.0. The predicted molar refractivity (Wildman–Crippen MR) is 103 cm³/mol. The van der Waals surface area contributed by atoms with Crippen molar-refractivity contribution in [1.29, 1.82) is 0 Å². The molecule has 0 amide bonds. The highest BCUT2D eigenvalue weighted by Gasteiger charge is 2.52. The molecule has 0 radical (unpaired) electrons. The van der Waals surface area contributed by atoms with E-state index in [1.807, 2.05) is 13.2 Å². The summed E-state index contributed by atoms with van der Waals surface area (Å²) in [7, 11) is -0.420. The smallest absolute Gasteiger partial charge is 0.316 e. The Morgan fingerprint density at radius 1 is 1.21 bits per heavy atom. The molecule has 1 aliphatic carbocycles. The molecular formula is C20H25N3O4S. The number of hydrogen-bond donors (Lipinski definition) is 0. The Morgan fingerprint density at radius 3 is 2.50 bits per heavy atom. The van der Waals surface area contributed by atoms with Crippen molar-refractivity contribution in [3.05, 3.63) is 47.8 Å². The molecule has 0 bridgehead atoms. The van der Waals surface area contributed by atoms with E-state index in [0.717, 1.165) is 43.2 Å². The lowest BCUT2D eigenvalue weighted by Crippen LogP contribution is -2.38. The Balaban J connectivity index is 1.63. The van der Waals surface area contributed by atoms with Crippen molar-refractivity contribution < 1.29 is 17.9 Å². The first kappa shape index (κ1) is 19.1. The molecule has 0 spiro atoms. The van der Waals surface area contributed by atoms with Crippen LogP contribution in [-0.2, 0) is 32.0 Å². The third-order valence-corrected chi connectivity index (χ3v) is 7.83. The van der Waals surface area contributed by atoms with Gasteiger partial charge >= 0.3 is 5.97 Å². The standard InChI is InChI=1S/C20H25N3O4S/c1-22-14-15(13-21-22)18-5-3-4-12-23(18)28(25,26)17-8-6-16(7-9-17)20(10-11-20)19(24)27-2/h6-9,13-14,18H,3-5,10-12H2,1-2H3. The van der Waals surface area contributed by atoms with Gasteiger partial charge in [-0.15, -0.1) is 0 Å². The Hall–Kier alpha value is -2.19. The second-order valence-corrected chi connectivity index (χ2v) is 9.56. The molecule has 1 unspecified atom stereocenters. The van der Waals surface area contributed by atoms with Crippen LogP contribution < -0.4 is 0 Å². The molecule has 1 saturated heterocycles. The molecule has 2 aromatic rings. The fourth-order valence-electron chi connectivity index (χ4n) is 4.15. The molecule has 150 valence electrons. The normalized spacial score (nSPS) is 22.0. The summed E-state index contributed by atoms with van der Waals surface area (Å²) in [6.07, 6.45) is 7.73. The molecule has 2 heterocycles. The van der Waals surface area contributed by atoms with E-state index in [9.17, 15) is 13.2 Å². The van der Waals surface area contributed by atoms with E-state index in [-0.39, 0.29) is 16.9 Å². The minimum absolute atomic E-state index is 0.197. The second kappa shape index (κ2) is 7.00. The first-order valence-electron chi connectivity index (χ1n) is 9.58. The van der Waals surface area contributed by atoms with Gasteiger partial charge in [0.1, 0.15) is 0 Å². The summed E-state index contributed by atoms with van der Waals surface area (Å²) in [5.74, 6) is -0.254. The summed E-state index contributed by atoms with van der Waals surface area (Å²) in [5, 5.41) is 4.20. The van der Waals surface area contributed by atoms with Gasteiger partial charge < -0.3 is 4.74 Å². The molecule has 28 heavy (non-hydrogen) atoms. The van der Waals surface area contributed by atoms with Crippen molar-refractivity contribution in [3.63, 3.8) is 0 Å². The zero-order valence-electron chi connectivity index (χ0n) is 16.2. The Bertz CT molecular complexity index is 977. The van der Waals surface area contributed by atoms with E-state index in [1.54, 1.807) is 39.4 Å². The number of nitrogens with zero attached hydrogens (tertiary/aromatic N) is 3. The topological polar surface area (TPSA) is 81.5 Å². The molecule has 8 heteroatoms. The van der Waals surface area contributed by atoms with Crippen LogP contribution in [0.15, 0.2) is 41.6 Å². The zero-order chi connectivity index (χ0) is 19.9. The number of benzene rings is 1. The summed E-state index contributed by atoms with van der Waals surface area (Å²) in [5.41, 5.74) is 1.14. The van der Waals surface area contributed by atoms with Crippen LogP contribution in [0, 0.1) is 0 Å². The lowest BCUT2D eigenvalue weighted by molar-refractivity contribution is -0.143. The summed E-state index contributed by atoms with van der Waals surface area (Å²) in [4.78, 5) is 12.3. The maximum atomic E-state index is 13.4. The maximum Gasteiger partial charge on any atom is 0.316 e. The number of ether oxygens (including phenoxy) is 1. The highest BCUT2D eigenvalue weighted by Crippen LogP contribution is 2.49.